The Labute approximate surface area is 172 Å². The number of hydrogen-bond acceptors (Lipinski definition) is 4. The van der Waals surface area contributed by atoms with E-state index in [4.69, 9.17) is 9.47 Å². The molecule has 4 nitrogen and oxygen atoms in total. The Hall–Kier alpha value is -2.40. The van der Waals surface area contributed by atoms with Crippen molar-refractivity contribution in [2.24, 2.45) is 0 Å². The molecule has 0 saturated carbocycles. The van der Waals surface area contributed by atoms with Gasteiger partial charge in [0.05, 0.1) is 12.5 Å². The number of carbonyl (C=O) groups excluding carboxylic acids is 1. The van der Waals surface area contributed by atoms with Gasteiger partial charge in [-0.25, -0.2) is 4.39 Å². The maximum atomic E-state index is 14.3. The van der Waals surface area contributed by atoms with Gasteiger partial charge >= 0.3 is 5.97 Å². The van der Waals surface area contributed by atoms with Crippen LogP contribution in [0.1, 0.15) is 51.3 Å². The number of halogens is 1. The van der Waals surface area contributed by atoms with Crippen molar-refractivity contribution in [1.82, 2.24) is 5.32 Å². The third-order valence-corrected chi connectivity index (χ3v) is 4.69. The first-order valence-electron chi connectivity index (χ1n) is 10.2. The zero-order valence-corrected chi connectivity index (χ0v) is 17.9. The van der Waals surface area contributed by atoms with Gasteiger partial charge in [-0.1, -0.05) is 18.2 Å². The summed E-state index contributed by atoms with van der Waals surface area (Å²) in [5.41, 5.74) is 3.93. The van der Waals surface area contributed by atoms with Gasteiger partial charge in [-0.15, -0.1) is 0 Å². The lowest BCUT2D eigenvalue weighted by Gasteiger charge is -2.23. The molecule has 0 bridgehead atoms. The van der Waals surface area contributed by atoms with E-state index in [0.29, 0.717) is 18.7 Å². The van der Waals surface area contributed by atoms with Crippen molar-refractivity contribution < 1.29 is 18.7 Å². The summed E-state index contributed by atoms with van der Waals surface area (Å²) in [4.78, 5) is 12.2. The molecule has 2 aromatic rings. The van der Waals surface area contributed by atoms with E-state index in [2.05, 4.69) is 5.32 Å². The van der Waals surface area contributed by atoms with Crippen LogP contribution >= 0.6 is 0 Å². The molecule has 3 rings (SSSR count). The molecule has 0 fully saturated rings. The highest BCUT2D eigenvalue weighted by Gasteiger charge is 2.21. The average molecular weight is 400 g/mol. The van der Waals surface area contributed by atoms with Crippen molar-refractivity contribution in [3.8, 4) is 16.9 Å². The Balaban J connectivity index is 1.99. The number of rotatable bonds is 5. The number of ether oxygens (including phenoxy) is 2. The first-order chi connectivity index (χ1) is 13.6. The van der Waals surface area contributed by atoms with Crippen LogP contribution in [0.25, 0.3) is 11.1 Å². The SMILES string of the molecule is CC(C)Oc1cc(CC(=O)OC(C)(C)C)ccc1-c1ccc(F)c2c1CNCC2. The second-order valence-corrected chi connectivity index (χ2v) is 8.74. The van der Waals surface area contributed by atoms with Gasteiger partial charge in [0.15, 0.2) is 0 Å². The zero-order valence-electron chi connectivity index (χ0n) is 17.9. The molecule has 0 aromatic heterocycles. The summed E-state index contributed by atoms with van der Waals surface area (Å²) in [6.07, 6.45) is 0.821. The Morgan fingerprint density at radius 2 is 1.86 bits per heavy atom. The van der Waals surface area contributed by atoms with Gasteiger partial charge in [-0.2, -0.15) is 0 Å². The summed E-state index contributed by atoms with van der Waals surface area (Å²) in [6.45, 7) is 10.9. The summed E-state index contributed by atoms with van der Waals surface area (Å²) >= 11 is 0. The molecule has 0 radical (unpaired) electrons. The van der Waals surface area contributed by atoms with Crippen molar-refractivity contribution in [2.75, 3.05) is 6.54 Å². The van der Waals surface area contributed by atoms with Crippen molar-refractivity contribution >= 4 is 5.97 Å². The van der Waals surface area contributed by atoms with E-state index in [9.17, 15) is 9.18 Å². The van der Waals surface area contributed by atoms with Crippen LogP contribution in [0, 0.1) is 5.82 Å². The Morgan fingerprint density at radius 1 is 1.14 bits per heavy atom. The van der Waals surface area contributed by atoms with Crippen LogP contribution in [0.4, 0.5) is 4.39 Å². The number of carbonyl (C=O) groups is 1. The van der Waals surface area contributed by atoms with Gasteiger partial charge in [0, 0.05) is 12.1 Å². The van der Waals surface area contributed by atoms with E-state index in [1.165, 1.54) is 6.07 Å². The highest BCUT2D eigenvalue weighted by molar-refractivity contribution is 5.77. The first kappa shape index (κ1) is 21.3. The lowest BCUT2D eigenvalue weighted by molar-refractivity contribution is -0.153. The number of hydrogen-bond donors (Lipinski definition) is 1. The minimum atomic E-state index is -0.519. The Bertz CT molecular complexity index is 900. The third kappa shape index (κ3) is 5.36. The second kappa shape index (κ2) is 8.54. The van der Waals surface area contributed by atoms with Gasteiger partial charge in [-0.3, -0.25) is 4.79 Å². The summed E-state index contributed by atoms with van der Waals surface area (Å²) in [7, 11) is 0. The smallest absolute Gasteiger partial charge is 0.310 e. The van der Waals surface area contributed by atoms with Crippen molar-refractivity contribution in [3.05, 3.63) is 52.8 Å². The highest BCUT2D eigenvalue weighted by atomic mass is 19.1. The molecule has 1 aliphatic rings. The zero-order chi connectivity index (χ0) is 21.2. The Morgan fingerprint density at radius 3 is 2.55 bits per heavy atom. The summed E-state index contributed by atoms with van der Waals surface area (Å²) in [5, 5.41) is 3.33. The molecule has 1 heterocycles. The average Bonchev–Trinajstić information content (AvgIpc) is 2.61. The van der Waals surface area contributed by atoms with Crippen LogP contribution in [0.5, 0.6) is 5.75 Å². The molecule has 0 unspecified atom stereocenters. The van der Waals surface area contributed by atoms with Crippen molar-refractivity contribution in [1.29, 1.82) is 0 Å². The molecule has 0 amide bonds. The van der Waals surface area contributed by atoms with Gasteiger partial charge in [-0.05, 0) is 82.0 Å². The molecule has 2 aromatic carbocycles. The molecule has 0 saturated heterocycles. The second-order valence-electron chi connectivity index (χ2n) is 8.74. The predicted molar refractivity (Wildman–Crippen MR) is 113 cm³/mol. The normalized spacial score (nSPS) is 13.9. The summed E-state index contributed by atoms with van der Waals surface area (Å²) < 4.78 is 25.8. The Kier molecular flexibility index (Phi) is 6.27. The number of fused-ring (bicyclic) bond motifs is 1. The molecule has 1 N–H and O–H groups in total. The van der Waals surface area contributed by atoms with Crippen LogP contribution in [-0.2, 0) is 28.9 Å². The summed E-state index contributed by atoms with van der Waals surface area (Å²) in [5.74, 6) is 0.266. The van der Waals surface area contributed by atoms with Crippen LogP contribution in [-0.4, -0.2) is 24.2 Å². The molecule has 29 heavy (non-hydrogen) atoms. The maximum absolute atomic E-state index is 14.3. The van der Waals surface area contributed by atoms with Crippen LogP contribution in [0.3, 0.4) is 0 Å². The van der Waals surface area contributed by atoms with Crippen LogP contribution < -0.4 is 10.1 Å². The van der Waals surface area contributed by atoms with E-state index in [-0.39, 0.29) is 24.3 Å². The van der Waals surface area contributed by atoms with E-state index < -0.39 is 5.60 Å². The first-order valence-corrected chi connectivity index (χ1v) is 10.2. The fraction of sp³-hybridized carbons (Fsp3) is 0.458. The third-order valence-electron chi connectivity index (χ3n) is 4.69. The topological polar surface area (TPSA) is 47.6 Å². The molecule has 5 heteroatoms. The fourth-order valence-corrected chi connectivity index (χ4v) is 3.61. The van der Waals surface area contributed by atoms with Gasteiger partial charge < -0.3 is 14.8 Å². The monoisotopic (exact) mass is 399 g/mol. The quantitative estimate of drug-likeness (QED) is 0.733. The van der Waals surface area contributed by atoms with E-state index in [1.54, 1.807) is 0 Å². The number of nitrogens with one attached hydrogen (secondary N) is 1. The predicted octanol–water partition coefficient (Wildman–Crippen LogP) is 4.81. The molecule has 1 aliphatic heterocycles. The molecular formula is C24H30FNO3. The van der Waals surface area contributed by atoms with Gasteiger partial charge in [0.2, 0.25) is 0 Å². The standard InChI is InChI=1S/C24H30FNO3/c1-15(2)28-22-12-16(13-23(27)29-24(3,4)5)6-7-19(22)17-8-9-21(25)18-10-11-26-14-20(17)18/h6-9,12,15,26H,10-11,13-14H2,1-5H3. The van der Waals surface area contributed by atoms with E-state index in [0.717, 1.165) is 34.4 Å². The largest absolute Gasteiger partial charge is 0.490 e. The van der Waals surface area contributed by atoms with E-state index >= 15 is 0 Å². The van der Waals surface area contributed by atoms with Gasteiger partial charge in [0.1, 0.15) is 17.2 Å². The molecular weight excluding hydrogens is 369 g/mol. The van der Waals surface area contributed by atoms with E-state index in [1.807, 2.05) is 58.9 Å². The highest BCUT2D eigenvalue weighted by Crippen LogP contribution is 2.37. The van der Waals surface area contributed by atoms with Crippen molar-refractivity contribution in [2.45, 2.75) is 65.7 Å². The minimum absolute atomic E-state index is 0.0278. The maximum Gasteiger partial charge on any atom is 0.310 e. The lowest BCUT2D eigenvalue weighted by atomic mass is 9.90. The lowest BCUT2D eigenvalue weighted by Crippen LogP contribution is -2.25. The molecule has 156 valence electrons. The molecule has 0 aliphatic carbocycles. The minimum Gasteiger partial charge on any atom is -0.490 e. The molecule has 0 spiro atoms. The van der Waals surface area contributed by atoms with Crippen molar-refractivity contribution in [3.63, 3.8) is 0 Å². The molecule has 0 atom stereocenters. The number of benzene rings is 2. The van der Waals surface area contributed by atoms with Crippen LogP contribution in [0.2, 0.25) is 0 Å². The van der Waals surface area contributed by atoms with Crippen LogP contribution in [0.15, 0.2) is 30.3 Å². The number of esters is 1. The fourth-order valence-electron chi connectivity index (χ4n) is 3.61. The van der Waals surface area contributed by atoms with Gasteiger partial charge in [0.25, 0.3) is 0 Å². The summed E-state index contributed by atoms with van der Waals surface area (Å²) in [6, 6.07) is 9.12.